The maximum atomic E-state index is 11.3. The van der Waals surface area contributed by atoms with Gasteiger partial charge in [-0.05, 0) is 37.5 Å². The van der Waals surface area contributed by atoms with E-state index in [1.165, 1.54) is 5.56 Å². The van der Waals surface area contributed by atoms with E-state index in [1.54, 1.807) is 7.05 Å². The average molecular weight is 335 g/mol. The van der Waals surface area contributed by atoms with Gasteiger partial charge in [-0.2, -0.15) is 0 Å². The van der Waals surface area contributed by atoms with E-state index in [2.05, 4.69) is 15.6 Å². The fraction of sp³-hybridized carbons (Fsp3) is 0.529. The highest BCUT2D eigenvalue weighted by Gasteiger charge is 2.12. The molecule has 2 N–H and O–H groups in total. The number of hydrogen-bond acceptors (Lipinski definition) is 5. The van der Waals surface area contributed by atoms with Crippen LogP contribution < -0.4 is 20.1 Å². The Hall–Kier alpha value is -2.44. The molecule has 7 nitrogen and oxygen atoms in total. The van der Waals surface area contributed by atoms with Crippen molar-refractivity contribution in [2.24, 2.45) is 4.99 Å². The van der Waals surface area contributed by atoms with Crippen molar-refractivity contribution in [1.82, 2.24) is 10.6 Å². The number of rotatable bonds is 8. The lowest BCUT2D eigenvalue weighted by molar-refractivity contribution is -0.143. The monoisotopic (exact) mass is 335 g/mol. The van der Waals surface area contributed by atoms with E-state index in [0.29, 0.717) is 32.8 Å². The second-order valence-electron chi connectivity index (χ2n) is 5.27. The maximum Gasteiger partial charge on any atom is 0.305 e. The van der Waals surface area contributed by atoms with Crippen LogP contribution in [0.5, 0.6) is 11.5 Å². The molecule has 1 aliphatic heterocycles. The Morgan fingerprint density at radius 1 is 1.25 bits per heavy atom. The zero-order valence-electron chi connectivity index (χ0n) is 14.3. The molecule has 0 amide bonds. The molecular formula is C17H25N3O4. The van der Waals surface area contributed by atoms with Crippen molar-refractivity contribution in [1.29, 1.82) is 0 Å². The lowest BCUT2D eigenvalue weighted by atomic mass is 10.1. The first kappa shape index (κ1) is 17.9. The molecule has 1 aromatic rings. The van der Waals surface area contributed by atoms with E-state index in [9.17, 15) is 4.79 Å². The molecule has 0 fully saturated rings. The zero-order valence-corrected chi connectivity index (χ0v) is 14.3. The largest absolute Gasteiger partial charge is 0.466 e. The minimum absolute atomic E-state index is 0.162. The SMILES string of the molecule is CCOC(=O)CCCNC(=NC)NCCc1ccc2c(c1)OCO2. The fourth-order valence-electron chi connectivity index (χ4n) is 2.31. The summed E-state index contributed by atoms with van der Waals surface area (Å²) in [4.78, 5) is 15.4. The van der Waals surface area contributed by atoms with Crippen LogP contribution in [0.25, 0.3) is 0 Å². The zero-order chi connectivity index (χ0) is 17.2. The number of carbonyl (C=O) groups excluding carboxylic acids is 1. The maximum absolute atomic E-state index is 11.3. The number of benzene rings is 1. The molecule has 1 heterocycles. The number of guanidine groups is 1. The van der Waals surface area contributed by atoms with E-state index in [4.69, 9.17) is 14.2 Å². The highest BCUT2D eigenvalue weighted by Crippen LogP contribution is 2.32. The molecule has 0 spiro atoms. The Bertz CT molecular complexity index is 575. The normalized spacial score (nSPS) is 12.8. The number of ether oxygens (including phenoxy) is 3. The van der Waals surface area contributed by atoms with E-state index in [-0.39, 0.29) is 5.97 Å². The highest BCUT2D eigenvalue weighted by atomic mass is 16.7. The van der Waals surface area contributed by atoms with Crippen LogP contribution in [-0.4, -0.2) is 45.5 Å². The van der Waals surface area contributed by atoms with E-state index < -0.39 is 0 Å². The van der Waals surface area contributed by atoms with Gasteiger partial charge < -0.3 is 24.8 Å². The summed E-state index contributed by atoms with van der Waals surface area (Å²) < 4.78 is 15.6. The van der Waals surface area contributed by atoms with Crippen LogP contribution in [-0.2, 0) is 16.0 Å². The minimum atomic E-state index is -0.162. The summed E-state index contributed by atoms with van der Waals surface area (Å²) in [5, 5.41) is 6.43. The van der Waals surface area contributed by atoms with Gasteiger partial charge in [0.25, 0.3) is 0 Å². The number of aliphatic imine (C=N–C) groups is 1. The molecule has 24 heavy (non-hydrogen) atoms. The lowest BCUT2D eigenvalue weighted by Crippen LogP contribution is -2.38. The Morgan fingerprint density at radius 3 is 2.83 bits per heavy atom. The summed E-state index contributed by atoms with van der Waals surface area (Å²) in [6, 6.07) is 5.96. The van der Waals surface area contributed by atoms with Crippen LogP contribution in [0.3, 0.4) is 0 Å². The first-order chi connectivity index (χ1) is 11.7. The van der Waals surface area contributed by atoms with E-state index in [0.717, 1.165) is 30.4 Å². The van der Waals surface area contributed by atoms with Crippen LogP contribution in [0.2, 0.25) is 0 Å². The van der Waals surface area contributed by atoms with Crippen LogP contribution in [0, 0.1) is 0 Å². The fourth-order valence-corrected chi connectivity index (χ4v) is 2.31. The Kier molecular flexibility index (Phi) is 7.20. The molecule has 2 rings (SSSR count). The van der Waals surface area contributed by atoms with E-state index >= 15 is 0 Å². The van der Waals surface area contributed by atoms with E-state index in [1.807, 2.05) is 25.1 Å². The van der Waals surface area contributed by atoms with Gasteiger partial charge in [-0.25, -0.2) is 0 Å². The summed E-state index contributed by atoms with van der Waals surface area (Å²) in [6.07, 6.45) is 1.97. The molecule has 132 valence electrons. The molecule has 0 radical (unpaired) electrons. The molecule has 1 aliphatic rings. The summed E-state index contributed by atoms with van der Waals surface area (Å²) >= 11 is 0. The first-order valence-electron chi connectivity index (χ1n) is 8.21. The molecule has 0 saturated heterocycles. The number of carbonyl (C=O) groups is 1. The summed E-state index contributed by atoms with van der Waals surface area (Å²) in [5.74, 6) is 2.16. The number of fused-ring (bicyclic) bond motifs is 1. The second-order valence-corrected chi connectivity index (χ2v) is 5.27. The van der Waals surface area contributed by atoms with Crippen LogP contribution in [0.1, 0.15) is 25.3 Å². The molecule has 0 aliphatic carbocycles. The van der Waals surface area contributed by atoms with Crippen molar-refractivity contribution in [3.05, 3.63) is 23.8 Å². The number of nitrogens with zero attached hydrogens (tertiary/aromatic N) is 1. The Balaban J connectivity index is 1.64. The van der Waals surface area contributed by atoms with Crippen LogP contribution in [0.4, 0.5) is 0 Å². The molecular weight excluding hydrogens is 310 g/mol. The molecule has 7 heteroatoms. The van der Waals surface area contributed by atoms with Crippen LogP contribution >= 0.6 is 0 Å². The van der Waals surface area contributed by atoms with Gasteiger partial charge in [-0.1, -0.05) is 6.07 Å². The standard InChI is InChI=1S/C17H25N3O4/c1-3-22-16(21)5-4-9-19-17(18-2)20-10-8-13-6-7-14-15(11-13)24-12-23-14/h6-7,11H,3-5,8-10,12H2,1-2H3,(H2,18,19,20). The van der Waals surface area contributed by atoms with Crippen molar-refractivity contribution in [3.8, 4) is 11.5 Å². The van der Waals surface area contributed by atoms with Crippen molar-refractivity contribution < 1.29 is 19.0 Å². The molecule has 0 bridgehead atoms. The van der Waals surface area contributed by atoms with Gasteiger partial charge in [0.15, 0.2) is 17.5 Å². The first-order valence-corrected chi connectivity index (χ1v) is 8.21. The van der Waals surface area contributed by atoms with Gasteiger partial charge in [-0.15, -0.1) is 0 Å². The average Bonchev–Trinajstić information content (AvgIpc) is 3.05. The summed E-state index contributed by atoms with van der Waals surface area (Å²) in [6.45, 7) is 3.94. The highest BCUT2D eigenvalue weighted by molar-refractivity contribution is 5.79. The third kappa shape index (κ3) is 5.64. The number of esters is 1. The molecule has 0 unspecified atom stereocenters. The predicted molar refractivity (Wildman–Crippen MR) is 91.5 cm³/mol. The quantitative estimate of drug-likeness (QED) is 0.324. The molecule has 0 atom stereocenters. The third-order valence-electron chi connectivity index (χ3n) is 3.52. The molecule has 0 saturated carbocycles. The third-order valence-corrected chi connectivity index (χ3v) is 3.52. The van der Waals surface area contributed by atoms with Gasteiger partial charge in [-0.3, -0.25) is 9.79 Å². The number of nitrogens with one attached hydrogen (secondary N) is 2. The topological polar surface area (TPSA) is 81.2 Å². The van der Waals surface area contributed by atoms with Gasteiger partial charge in [0.05, 0.1) is 6.61 Å². The van der Waals surface area contributed by atoms with Crippen molar-refractivity contribution in [2.75, 3.05) is 33.5 Å². The second kappa shape index (κ2) is 9.64. The lowest BCUT2D eigenvalue weighted by Gasteiger charge is -2.12. The Labute approximate surface area is 142 Å². The molecule has 0 aromatic heterocycles. The van der Waals surface area contributed by atoms with Gasteiger partial charge in [0, 0.05) is 26.6 Å². The van der Waals surface area contributed by atoms with Crippen molar-refractivity contribution in [2.45, 2.75) is 26.2 Å². The summed E-state index contributed by atoms with van der Waals surface area (Å²) in [7, 11) is 1.72. The minimum Gasteiger partial charge on any atom is -0.466 e. The Morgan fingerprint density at radius 2 is 2.04 bits per heavy atom. The molecule has 1 aromatic carbocycles. The van der Waals surface area contributed by atoms with Gasteiger partial charge in [0.2, 0.25) is 6.79 Å². The number of hydrogen-bond donors (Lipinski definition) is 2. The van der Waals surface area contributed by atoms with Crippen molar-refractivity contribution >= 4 is 11.9 Å². The van der Waals surface area contributed by atoms with Gasteiger partial charge in [0.1, 0.15) is 0 Å². The van der Waals surface area contributed by atoms with Crippen LogP contribution in [0.15, 0.2) is 23.2 Å². The van der Waals surface area contributed by atoms with Gasteiger partial charge >= 0.3 is 5.97 Å². The van der Waals surface area contributed by atoms with Crippen molar-refractivity contribution in [3.63, 3.8) is 0 Å². The smallest absolute Gasteiger partial charge is 0.305 e. The summed E-state index contributed by atoms with van der Waals surface area (Å²) in [5.41, 5.74) is 1.17. The predicted octanol–water partition coefficient (Wildman–Crippen LogP) is 1.47.